The summed E-state index contributed by atoms with van der Waals surface area (Å²) in [5.74, 6) is 0. The van der Waals surface area contributed by atoms with Crippen LogP contribution in [-0.2, 0) is 12.8 Å². The van der Waals surface area contributed by atoms with E-state index < -0.39 is 8.07 Å². The van der Waals surface area contributed by atoms with Gasteiger partial charge in [0.2, 0.25) is 0 Å². The molecule has 2 aromatic heterocycles. The zero-order chi connectivity index (χ0) is 41.1. The summed E-state index contributed by atoms with van der Waals surface area (Å²) in [5, 5.41) is 12.4. The summed E-state index contributed by atoms with van der Waals surface area (Å²) in [6.45, 7) is 6.88. The molecule has 3 heteroatoms. The van der Waals surface area contributed by atoms with E-state index in [1.165, 1.54) is 96.2 Å². The molecule has 2 aliphatic carbocycles. The molecule has 61 heavy (non-hydrogen) atoms. The van der Waals surface area contributed by atoms with Gasteiger partial charge in [-0.15, -0.1) is 11.3 Å². The lowest BCUT2D eigenvalue weighted by atomic mass is 9.76. The number of rotatable bonds is 8. The van der Waals surface area contributed by atoms with Gasteiger partial charge in [0.05, 0.1) is 11.0 Å². The third kappa shape index (κ3) is 6.09. The average molecular weight is 820 g/mol. The van der Waals surface area contributed by atoms with Crippen molar-refractivity contribution in [3.8, 4) is 5.69 Å². The second-order valence-corrected chi connectivity index (χ2v) is 22.3. The van der Waals surface area contributed by atoms with Gasteiger partial charge in [0.1, 0.15) is 0 Å². The van der Waals surface area contributed by atoms with Crippen LogP contribution in [0.25, 0.3) is 60.5 Å². The third-order valence-electron chi connectivity index (χ3n) is 13.6. The number of aromatic nitrogens is 1. The summed E-state index contributed by atoms with van der Waals surface area (Å²) in [6.07, 6.45) is 21.1. The smallest absolute Gasteiger partial charge is 0.179 e. The van der Waals surface area contributed by atoms with E-state index in [1.54, 1.807) is 0 Å². The number of hydrogen-bond acceptors (Lipinski definition) is 1. The summed E-state index contributed by atoms with van der Waals surface area (Å²) in [5.41, 5.74) is 9.42. The first-order valence-electron chi connectivity index (χ1n) is 21.9. The van der Waals surface area contributed by atoms with Gasteiger partial charge in [-0.25, -0.2) is 0 Å². The molecule has 0 saturated heterocycles. The molecule has 9 aromatic rings. The lowest BCUT2D eigenvalue weighted by molar-refractivity contribution is 0.427. The number of para-hydroxylation sites is 1. The van der Waals surface area contributed by atoms with Gasteiger partial charge in [-0.3, -0.25) is 0 Å². The van der Waals surface area contributed by atoms with Crippen molar-refractivity contribution in [2.75, 3.05) is 0 Å². The molecule has 0 saturated carbocycles. The van der Waals surface area contributed by atoms with Crippen LogP contribution in [0.2, 0.25) is 0 Å². The molecule has 0 amide bonds. The molecule has 1 unspecified atom stereocenters. The molecule has 0 radical (unpaired) electrons. The van der Waals surface area contributed by atoms with Gasteiger partial charge in [0.25, 0.3) is 0 Å². The van der Waals surface area contributed by atoms with Crippen molar-refractivity contribution < 1.29 is 0 Å². The molecule has 1 atom stereocenters. The predicted molar refractivity (Wildman–Crippen MR) is 268 cm³/mol. The monoisotopic (exact) mass is 819 g/mol. The van der Waals surface area contributed by atoms with Crippen LogP contribution in [0, 0.1) is 12.3 Å². The molecule has 0 N–H and O–H groups in total. The van der Waals surface area contributed by atoms with E-state index in [-0.39, 0.29) is 5.41 Å². The highest BCUT2D eigenvalue weighted by Gasteiger charge is 2.44. The summed E-state index contributed by atoms with van der Waals surface area (Å²) in [4.78, 5) is 1.33. The second kappa shape index (κ2) is 15.0. The molecule has 11 rings (SSSR count). The largest absolute Gasteiger partial charge is 0.309 e. The average Bonchev–Trinajstić information content (AvgIpc) is 3.82. The van der Waals surface area contributed by atoms with E-state index in [0.29, 0.717) is 0 Å². The maximum Gasteiger partial charge on any atom is 0.179 e. The van der Waals surface area contributed by atoms with Gasteiger partial charge in [-0.2, -0.15) is 0 Å². The van der Waals surface area contributed by atoms with Gasteiger partial charge in [0, 0.05) is 31.4 Å². The molecule has 2 heterocycles. The van der Waals surface area contributed by atoms with E-state index in [1.807, 2.05) is 11.3 Å². The third-order valence-corrected chi connectivity index (χ3v) is 19.7. The minimum Gasteiger partial charge on any atom is -0.309 e. The van der Waals surface area contributed by atoms with Gasteiger partial charge in [-0.1, -0.05) is 171 Å². The molecule has 0 fully saturated rings. The molecule has 0 spiro atoms. The number of hydrogen-bond donors (Lipinski definition) is 0. The quantitative estimate of drug-likeness (QED) is 0.106. The summed E-state index contributed by atoms with van der Waals surface area (Å²) < 4.78 is 3.89. The fourth-order valence-corrected chi connectivity index (χ4v) is 16.8. The molecular weight excluding hydrogens is 771 g/mol. The van der Waals surface area contributed by atoms with Crippen LogP contribution in [0.1, 0.15) is 53.8 Å². The molecule has 1 nitrogen and oxygen atoms in total. The molecule has 2 aliphatic rings. The highest BCUT2D eigenvalue weighted by Crippen LogP contribution is 2.43. The van der Waals surface area contributed by atoms with Gasteiger partial charge in [0.15, 0.2) is 8.07 Å². The normalized spacial score (nSPS) is 16.6. The topological polar surface area (TPSA) is 4.93 Å². The Morgan fingerprint density at radius 3 is 2.15 bits per heavy atom. The summed E-state index contributed by atoms with van der Waals surface area (Å²) >= 11 is 1.89. The zero-order valence-corrected chi connectivity index (χ0v) is 37.0. The van der Waals surface area contributed by atoms with Crippen LogP contribution in [-0.4, -0.2) is 12.6 Å². The molecule has 0 aliphatic heterocycles. The van der Waals surface area contributed by atoms with Crippen molar-refractivity contribution in [3.63, 3.8) is 0 Å². The van der Waals surface area contributed by atoms with Crippen LogP contribution >= 0.6 is 11.3 Å². The van der Waals surface area contributed by atoms with E-state index in [4.69, 9.17) is 0 Å². The first kappa shape index (κ1) is 37.7. The molecule has 0 bridgehead atoms. The number of allylic oxidation sites excluding steroid dienone is 6. The van der Waals surface area contributed by atoms with Crippen LogP contribution in [0.3, 0.4) is 0 Å². The van der Waals surface area contributed by atoms with Crippen LogP contribution in [0.5, 0.6) is 0 Å². The number of fused-ring (bicyclic) bond motifs is 8. The molecular formula is C58H49NSSi. The number of aryl methyl sites for hydroxylation is 2. The predicted octanol–water partition coefficient (Wildman–Crippen LogP) is 13.6. The Morgan fingerprint density at radius 2 is 1.41 bits per heavy atom. The lowest BCUT2D eigenvalue weighted by Crippen LogP contribution is -2.68. The first-order chi connectivity index (χ1) is 30.0. The summed E-state index contributed by atoms with van der Waals surface area (Å²) in [6, 6.07) is 57.7. The van der Waals surface area contributed by atoms with Crippen LogP contribution < -0.4 is 15.6 Å². The van der Waals surface area contributed by atoms with Crippen molar-refractivity contribution in [3.05, 3.63) is 214 Å². The zero-order valence-electron chi connectivity index (χ0n) is 35.2. The van der Waals surface area contributed by atoms with Crippen LogP contribution in [0.15, 0.2) is 187 Å². The van der Waals surface area contributed by atoms with Crippen molar-refractivity contribution >= 4 is 89.8 Å². The Kier molecular flexibility index (Phi) is 9.29. The van der Waals surface area contributed by atoms with Crippen molar-refractivity contribution in [1.82, 2.24) is 4.57 Å². The number of thiophene rings is 1. The van der Waals surface area contributed by atoms with Gasteiger partial charge >= 0.3 is 0 Å². The Bertz CT molecular complexity index is 3240. The summed E-state index contributed by atoms with van der Waals surface area (Å²) in [7, 11) is -2.85. The van der Waals surface area contributed by atoms with E-state index in [9.17, 15) is 0 Å². The highest BCUT2D eigenvalue weighted by atomic mass is 32.1. The minimum atomic E-state index is -2.85. The fourth-order valence-electron chi connectivity index (χ4n) is 10.8. The Labute approximate surface area is 364 Å². The van der Waals surface area contributed by atoms with Crippen molar-refractivity contribution in [2.45, 2.75) is 46.5 Å². The molecule has 7 aromatic carbocycles. The number of nitrogens with zero attached hydrogens (tertiary/aromatic N) is 1. The van der Waals surface area contributed by atoms with Crippen LogP contribution in [0.4, 0.5) is 0 Å². The SMILES string of the molecule is C/C=C\c1sc2ccc3c4ccccc4n(-c4cccc([Si](C5=CCC(C)(Cc6cc7c(c8ccccc68)CCC=C7)C=C5)(c5ccccc5)c5ccccc5)c4)c3c2c1C. The van der Waals surface area contributed by atoms with E-state index in [0.717, 1.165) is 25.7 Å². The van der Waals surface area contributed by atoms with E-state index in [2.05, 4.69) is 220 Å². The second-order valence-electron chi connectivity index (χ2n) is 17.4. The maximum atomic E-state index is 2.63. The standard InChI is InChI=1S/C58H49NSSi/c1-4-18-54-40(2)56-55(60-54)32-31-52-51-29-15-16-30-53(51)59(57(52)56)43-20-17-25-47(38-43)61(44-21-7-5-8-22-44,45-23-9-6-10-24-45)46-33-35-58(3,36-34-46)39-42-37-41-19-11-12-26-48(41)50-28-14-13-27-49(42)50/h4-11,13-25,27-35,37-38H,12,26,36,39H2,1-3H3/b18-4-. The first-order valence-corrected chi connectivity index (χ1v) is 24.7. The maximum absolute atomic E-state index is 2.85. The Balaban J connectivity index is 1.10. The van der Waals surface area contributed by atoms with Gasteiger partial charge in [-0.05, 0) is 129 Å². The van der Waals surface area contributed by atoms with E-state index >= 15 is 0 Å². The fraction of sp³-hybridized carbons (Fsp3) is 0.138. The highest BCUT2D eigenvalue weighted by molar-refractivity contribution is 7.20. The molecule has 296 valence electrons. The lowest BCUT2D eigenvalue weighted by Gasteiger charge is -2.39. The number of benzene rings is 7. The van der Waals surface area contributed by atoms with Crippen molar-refractivity contribution in [1.29, 1.82) is 0 Å². The van der Waals surface area contributed by atoms with Gasteiger partial charge < -0.3 is 4.57 Å². The van der Waals surface area contributed by atoms with Crippen molar-refractivity contribution in [2.24, 2.45) is 5.41 Å². The Hall–Kier alpha value is -6.26. The Morgan fingerprint density at radius 1 is 0.705 bits per heavy atom. The minimum absolute atomic E-state index is 0.0210.